The Labute approximate surface area is 219 Å². The molecule has 0 aromatic heterocycles. The number of ketones is 1. The van der Waals surface area contributed by atoms with Crippen LogP contribution in [0.25, 0.3) is 10.8 Å². The van der Waals surface area contributed by atoms with Crippen molar-refractivity contribution >= 4 is 39.6 Å². The van der Waals surface area contributed by atoms with E-state index in [0.29, 0.717) is 6.54 Å². The Morgan fingerprint density at radius 3 is 2.49 bits per heavy atom. The number of nitrogens with zero attached hydrogens (tertiary/aromatic N) is 3. The summed E-state index contributed by atoms with van der Waals surface area (Å²) in [4.78, 5) is 37.7. The number of Topliss-reactive ketones (excluding diaryl/α,β-unsaturated/α-hetero) is 1. The summed E-state index contributed by atoms with van der Waals surface area (Å²) in [6, 6.07) is 16.6. The second-order valence-electron chi connectivity index (χ2n) is 9.20. The van der Waals surface area contributed by atoms with E-state index in [-0.39, 0.29) is 38.0 Å². The van der Waals surface area contributed by atoms with Crippen molar-refractivity contribution < 1.29 is 23.1 Å². The monoisotopic (exact) mass is 527 g/mol. The van der Waals surface area contributed by atoms with Crippen molar-refractivity contribution in [2.45, 2.75) is 32.2 Å². The molecule has 0 spiro atoms. The van der Waals surface area contributed by atoms with E-state index in [2.05, 4.69) is 58.9 Å². The van der Waals surface area contributed by atoms with Crippen molar-refractivity contribution in [2.24, 2.45) is 5.92 Å². The summed E-state index contributed by atoms with van der Waals surface area (Å²) in [7, 11) is 0. The lowest BCUT2D eigenvalue weighted by molar-refractivity contribution is -0.127. The fraction of sp³-hybridized carbons (Fsp3) is 0.462. The highest BCUT2D eigenvalue weighted by Crippen LogP contribution is 2.31. The Bertz CT molecular complexity index is 1170. The zero-order valence-corrected chi connectivity index (χ0v) is 21.7. The number of hydrogen-bond acceptors (Lipinski definition) is 6. The number of nitriles is 1. The molecular weight excluding hydrogens is 494 g/mol. The van der Waals surface area contributed by atoms with E-state index < -0.39 is 28.9 Å². The van der Waals surface area contributed by atoms with Crippen LogP contribution >= 0.6 is 0 Å². The predicted octanol–water partition coefficient (Wildman–Crippen LogP) is 1.77. The maximum atomic E-state index is 12.3. The van der Waals surface area contributed by atoms with Gasteiger partial charge in [-0.15, -0.1) is 0 Å². The van der Waals surface area contributed by atoms with Crippen molar-refractivity contribution in [2.75, 3.05) is 39.3 Å². The van der Waals surface area contributed by atoms with Gasteiger partial charge in [0.05, 0.1) is 32.1 Å². The number of amides is 2. The number of likely N-dealkylation sites (tertiary alicyclic amines) is 1. The topological polar surface area (TPSA) is 143 Å². The van der Waals surface area contributed by atoms with Gasteiger partial charge in [0.1, 0.15) is 0 Å². The highest BCUT2D eigenvalue weighted by molar-refractivity contribution is 7.76. The van der Waals surface area contributed by atoms with Crippen LogP contribution in [-0.4, -0.2) is 74.8 Å². The van der Waals surface area contributed by atoms with E-state index in [9.17, 15) is 23.1 Å². The Balaban J connectivity index is 1.46. The minimum absolute atomic E-state index is 0.161. The Morgan fingerprint density at radius 2 is 1.78 bits per heavy atom. The van der Waals surface area contributed by atoms with Crippen LogP contribution in [0.4, 0.5) is 0 Å². The highest BCUT2D eigenvalue weighted by atomic mass is 32.2. The average molecular weight is 528 g/mol. The maximum absolute atomic E-state index is 12.3. The van der Waals surface area contributed by atoms with Crippen LogP contribution in [0.15, 0.2) is 42.5 Å². The molecule has 1 saturated heterocycles. The van der Waals surface area contributed by atoms with Crippen molar-refractivity contribution in [1.29, 1.82) is 5.26 Å². The third kappa shape index (κ3) is 8.43. The number of nitrogens with one attached hydrogen (secondary N) is 2. The molecule has 11 heteroatoms. The molecule has 10 nitrogen and oxygen atoms in total. The molecule has 1 aliphatic rings. The van der Waals surface area contributed by atoms with Gasteiger partial charge in [-0.3, -0.25) is 23.8 Å². The van der Waals surface area contributed by atoms with Crippen LogP contribution in [0.1, 0.15) is 37.8 Å². The van der Waals surface area contributed by atoms with Crippen molar-refractivity contribution in [1.82, 2.24) is 19.8 Å². The second-order valence-corrected chi connectivity index (χ2v) is 10.2. The van der Waals surface area contributed by atoms with Crippen LogP contribution in [0.3, 0.4) is 0 Å². The number of rotatable bonds is 12. The number of piperidine rings is 1. The summed E-state index contributed by atoms with van der Waals surface area (Å²) in [6.45, 7) is 3.22. The second kappa shape index (κ2) is 13.9. The summed E-state index contributed by atoms with van der Waals surface area (Å²) < 4.78 is 22.8. The quantitative estimate of drug-likeness (QED) is 0.357. The summed E-state index contributed by atoms with van der Waals surface area (Å²) in [5.74, 6) is -1.41. The van der Waals surface area contributed by atoms with Crippen LogP contribution in [0, 0.1) is 17.2 Å². The first-order valence-electron chi connectivity index (χ1n) is 12.3. The third-order valence-electron chi connectivity index (χ3n) is 6.68. The summed E-state index contributed by atoms with van der Waals surface area (Å²) in [6.07, 6.45) is 1.37. The number of carbonyl (C=O) groups excluding carboxylic acids is 3. The largest absolute Gasteiger partial charge is 0.347 e. The molecule has 1 heterocycles. The molecule has 0 saturated carbocycles. The lowest BCUT2D eigenvalue weighted by Gasteiger charge is -2.37. The molecule has 0 bridgehead atoms. The van der Waals surface area contributed by atoms with Crippen molar-refractivity contribution in [3.05, 3.63) is 48.0 Å². The van der Waals surface area contributed by atoms with Gasteiger partial charge in [0.15, 0.2) is 5.78 Å². The highest BCUT2D eigenvalue weighted by Gasteiger charge is 2.27. The standard InChI is InChI=1S/C26H33N5O5S/c1-19(23-8-4-6-21-5-2-3-7-24(21)23)30-13-10-20(11-14-30)17-31(37(35)36)18-26(34)29-16-25(33)28-15-22(32)9-12-27/h2-8,19-20H,9-11,13-18H2,1H3,(H,28,33)(H,29,34)(H,35,36). The first-order chi connectivity index (χ1) is 17.8. The zero-order chi connectivity index (χ0) is 26.8. The molecular formula is C26H33N5O5S. The van der Waals surface area contributed by atoms with E-state index in [1.165, 1.54) is 20.6 Å². The van der Waals surface area contributed by atoms with Gasteiger partial charge in [0.2, 0.25) is 23.1 Å². The van der Waals surface area contributed by atoms with Gasteiger partial charge >= 0.3 is 0 Å². The van der Waals surface area contributed by atoms with Crippen LogP contribution < -0.4 is 10.6 Å². The van der Waals surface area contributed by atoms with E-state index in [0.717, 1.165) is 25.9 Å². The minimum atomic E-state index is -2.33. The number of benzene rings is 2. The van der Waals surface area contributed by atoms with E-state index in [4.69, 9.17) is 5.26 Å². The Hall–Kier alpha value is -3.17. The predicted molar refractivity (Wildman–Crippen MR) is 140 cm³/mol. The first-order valence-corrected chi connectivity index (χ1v) is 13.3. The fourth-order valence-electron chi connectivity index (χ4n) is 4.61. The molecule has 2 aromatic carbocycles. The van der Waals surface area contributed by atoms with Gasteiger partial charge in [-0.1, -0.05) is 42.5 Å². The molecule has 0 aliphatic carbocycles. The molecule has 2 atom stereocenters. The van der Waals surface area contributed by atoms with Gasteiger partial charge in [0.25, 0.3) is 0 Å². The molecule has 1 fully saturated rings. The third-order valence-corrected chi connectivity index (χ3v) is 7.40. The SMILES string of the molecule is CC(c1cccc2ccccc12)N1CCC(CN(CC(=O)NCC(=O)NCC(=O)CC#N)S(=O)O)CC1. The van der Waals surface area contributed by atoms with Crippen LogP contribution in [-0.2, 0) is 25.7 Å². The summed E-state index contributed by atoms with van der Waals surface area (Å²) in [5, 5.41) is 15.6. The normalized spacial score (nSPS) is 16.2. The van der Waals surface area contributed by atoms with Gasteiger partial charge in [-0.05, 0) is 55.1 Å². The van der Waals surface area contributed by atoms with Gasteiger partial charge in [-0.25, -0.2) is 4.21 Å². The Morgan fingerprint density at radius 1 is 1.11 bits per heavy atom. The van der Waals surface area contributed by atoms with Crippen molar-refractivity contribution in [3.8, 4) is 6.07 Å². The average Bonchev–Trinajstić information content (AvgIpc) is 2.90. The van der Waals surface area contributed by atoms with Crippen LogP contribution in [0.5, 0.6) is 0 Å². The fourth-order valence-corrected chi connectivity index (χ4v) is 5.18. The lowest BCUT2D eigenvalue weighted by atomic mass is 9.93. The molecule has 37 heavy (non-hydrogen) atoms. The van der Waals surface area contributed by atoms with E-state index >= 15 is 0 Å². The molecule has 198 valence electrons. The van der Waals surface area contributed by atoms with Crippen LogP contribution in [0.2, 0.25) is 0 Å². The molecule has 2 unspecified atom stereocenters. The number of fused-ring (bicyclic) bond motifs is 1. The molecule has 1 aliphatic heterocycles. The molecule has 3 N–H and O–H groups in total. The van der Waals surface area contributed by atoms with Gasteiger partial charge < -0.3 is 10.6 Å². The van der Waals surface area contributed by atoms with Crippen molar-refractivity contribution in [3.63, 3.8) is 0 Å². The maximum Gasteiger partial charge on any atom is 0.239 e. The molecule has 0 radical (unpaired) electrons. The zero-order valence-electron chi connectivity index (χ0n) is 20.9. The van der Waals surface area contributed by atoms with E-state index in [1.54, 1.807) is 6.07 Å². The number of carbonyl (C=O) groups is 3. The number of hydrogen-bond donors (Lipinski definition) is 3. The smallest absolute Gasteiger partial charge is 0.239 e. The van der Waals surface area contributed by atoms with E-state index in [1.807, 2.05) is 6.07 Å². The Kier molecular flexibility index (Phi) is 10.7. The lowest BCUT2D eigenvalue weighted by Crippen LogP contribution is -2.45. The molecule has 2 aromatic rings. The molecule has 2 amide bonds. The van der Waals surface area contributed by atoms with Gasteiger partial charge in [-0.2, -0.15) is 9.57 Å². The first kappa shape index (κ1) is 28.4. The minimum Gasteiger partial charge on any atom is -0.347 e. The summed E-state index contributed by atoms with van der Waals surface area (Å²) >= 11 is -2.33. The molecule has 3 rings (SSSR count). The van der Waals surface area contributed by atoms with Gasteiger partial charge in [0, 0.05) is 12.6 Å². The summed E-state index contributed by atoms with van der Waals surface area (Å²) in [5.41, 5.74) is 1.28.